The van der Waals surface area contributed by atoms with Gasteiger partial charge in [0.25, 0.3) is 0 Å². The molecule has 1 fully saturated rings. The zero-order valence-electron chi connectivity index (χ0n) is 13.6. The predicted molar refractivity (Wildman–Crippen MR) is 89.9 cm³/mol. The Kier molecular flexibility index (Phi) is 6.24. The number of benzene rings is 1. The molecule has 1 saturated heterocycles. The van der Waals surface area contributed by atoms with E-state index in [1.807, 2.05) is 11.8 Å². The quantitative estimate of drug-likeness (QED) is 0.808. The van der Waals surface area contributed by atoms with E-state index < -0.39 is 0 Å². The fourth-order valence-corrected chi connectivity index (χ4v) is 3.74. The Labute approximate surface area is 132 Å². The van der Waals surface area contributed by atoms with E-state index in [1.54, 1.807) is 14.2 Å². The molecule has 0 amide bonds. The molecule has 1 aromatic rings. The Morgan fingerprint density at radius 1 is 1.19 bits per heavy atom. The van der Waals surface area contributed by atoms with E-state index in [9.17, 15) is 0 Å². The molecule has 0 bridgehead atoms. The SMILES string of the molecule is COc1cc(SC(C)C)cc(OC)c1CC1CCCCN1. The van der Waals surface area contributed by atoms with Crippen LogP contribution in [0.15, 0.2) is 17.0 Å². The molecule has 0 aliphatic carbocycles. The van der Waals surface area contributed by atoms with Crippen molar-refractivity contribution in [2.45, 2.75) is 55.7 Å². The molecular weight excluding hydrogens is 282 g/mol. The average molecular weight is 309 g/mol. The third-order valence-corrected chi connectivity index (χ3v) is 4.80. The third-order valence-electron chi connectivity index (χ3n) is 3.82. The number of nitrogens with one attached hydrogen (secondary N) is 1. The van der Waals surface area contributed by atoms with E-state index in [0.29, 0.717) is 11.3 Å². The summed E-state index contributed by atoms with van der Waals surface area (Å²) in [6.45, 7) is 5.52. The van der Waals surface area contributed by atoms with Gasteiger partial charge in [0, 0.05) is 21.8 Å². The molecule has 1 atom stereocenters. The number of ether oxygens (including phenoxy) is 2. The van der Waals surface area contributed by atoms with E-state index in [2.05, 4.69) is 31.3 Å². The van der Waals surface area contributed by atoms with E-state index >= 15 is 0 Å². The van der Waals surface area contributed by atoms with Gasteiger partial charge in [-0.2, -0.15) is 0 Å². The highest BCUT2D eigenvalue weighted by molar-refractivity contribution is 7.99. The molecule has 2 rings (SSSR count). The highest BCUT2D eigenvalue weighted by Crippen LogP contribution is 2.37. The first kappa shape index (κ1) is 16.5. The standard InChI is InChI=1S/C17H27NO2S/c1-12(2)21-14-10-16(19-3)15(17(11-14)20-4)9-13-7-5-6-8-18-13/h10-13,18H,5-9H2,1-4H3. The van der Waals surface area contributed by atoms with Crippen molar-refractivity contribution >= 4 is 11.8 Å². The highest BCUT2D eigenvalue weighted by Gasteiger charge is 2.19. The van der Waals surface area contributed by atoms with Gasteiger partial charge in [-0.05, 0) is 37.9 Å². The van der Waals surface area contributed by atoms with Crippen LogP contribution in [0.25, 0.3) is 0 Å². The Hall–Kier alpha value is -0.870. The maximum Gasteiger partial charge on any atom is 0.126 e. The third kappa shape index (κ3) is 4.55. The van der Waals surface area contributed by atoms with Crippen LogP contribution in [-0.4, -0.2) is 32.1 Å². The van der Waals surface area contributed by atoms with Crippen molar-refractivity contribution in [1.82, 2.24) is 5.32 Å². The molecule has 1 unspecified atom stereocenters. The average Bonchev–Trinajstić information content (AvgIpc) is 2.48. The second kappa shape index (κ2) is 7.95. The molecule has 1 aliphatic rings. The topological polar surface area (TPSA) is 30.5 Å². The maximum atomic E-state index is 5.63. The van der Waals surface area contributed by atoms with Crippen molar-refractivity contribution in [3.05, 3.63) is 17.7 Å². The molecule has 1 aliphatic heterocycles. The summed E-state index contributed by atoms with van der Waals surface area (Å²) < 4.78 is 11.3. The molecule has 1 aromatic carbocycles. The first-order valence-corrected chi connectivity index (χ1v) is 8.67. The van der Waals surface area contributed by atoms with Crippen molar-refractivity contribution in [2.24, 2.45) is 0 Å². The van der Waals surface area contributed by atoms with Crippen molar-refractivity contribution in [1.29, 1.82) is 0 Å². The van der Waals surface area contributed by atoms with E-state index in [0.717, 1.165) is 24.5 Å². The van der Waals surface area contributed by atoms with Crippen LogP contribution in [-0.2, 0) is 6.42 Å². The highest BCUT2D eigenvalue weighted by atomic mass is 32.2. The lowest BCUT2D eigenvalue weighted by Crippen LogP contribution is -2.35. The van der Waals surface area contributed by atoms with Gasteiger partial charge in [0.1, 0.15) is 11.5 Å². The molecule has 4 heteroatoms. The monoisotopic (exact) mass is 309 g/mol. The van der Waals surface area contributed by atoms with Gasteiger partial charge in [-0.25, -0.2) is 0 Å². The minimum Gasteiger partial charge on any atom is -0.496 e. The summed E-state index contributed by atoms with van der Waals surface area (Å²) >= 11 is 1.84. The number of hydrogen-bond acceptors (Lipinski definition) is 4. The van der Waals surface area contributed by atoms with Gasteiger partial charge in [-0.1, -0.05) is 20.3 Å². The second-order valence-corrected chi connectivity index (χ2v) is 7.47. The largest absolute Gasteiger partial charge is 0.496 e. The van der Waals surface area contributed by atoms with Crippen molar-refractivity contribution in [3.8, 4) is 11.5 Å². The summed E-state index contributed by atoms with van der Waals surface area (Å²) in [6, 6.07) is 4.82. The summed E-state index contributed by atoms with van der Waals surface area (Å²) in [5.41, 5.74) is 1.19. The smallest absolute Gasteiger partial charge is 0.126 e. The van der Waals surface area contributed by atoms with Crippen LogP contribution in [0, 0.1) is 0 Å². The molecule has 1 N–H and O–H groups in total. The molecule has 118 valence electrons. The minimum atomic E-state index is 0.533. The van der Waals surface area contributed by atoms with Gasteiger partial charge in [0.05, 0.1) is 14.2 Å². The number of rotatable bonds is 6. The number of methoxy groups -OCH3 is 2. The summed E-state index contributed by atoms with van der Waals surface area (Å²) in [4.78, 5) is 1.21. The first-order chi connectivity index (χ1) is 10.1. The lowest BCUT2D eigenvalue weighted by molar-refractivity contribution is 0.361. The van der Waals surface area contributed by atoms with E-state index in [1.165, 1.54) is 29.7 Å². The summed E-state index contributed by atoms with van der Waals surface area (Å²) in [6.07, 6.45) is 4.80. The van der Waals surface area contributed by atoms with Crippen LogP contribution in [0.3, 0.4) is 0 Å². The summed E-state index contributed by atoms with van der Waals surface area (Å²) in [5, 5.41) is 4.15. The molecule has 3 nitrogen and oxygen atoms in total. The molecule has 0 aromatic heterocycles. The normalized spacial score (nSPS) is 18.8. The fourth-order valence-electron chi connectivity index (χ4n) is 2.85. The lowest BCUT2D eigenvalue weighted by atomic mass is 9.96. The Bertz CT molecular complexity index is 431. The molecule has 1 heterocycles. The van der Waals surface area contributed by atoms with Crippen molar-refractivity contribution in [3.63, 3.8) is 0 Å². The summed E-state index contributed by atoms with van der Waals surface area (Å²) in [5.74, 6) is 1.90. The zero-order valence-corrected chi connectivity index (χ0v) is 14.4. The van der Waals surface area contributed by atoms with Gasteiger partial charge >= 0.3 is 0 Å². The van der Waals surface area contributed by atoms with Crippen LogP contribution in [0.4, 0.5) is 0 Å². The Morgan fingerprint density at radius 2 is 1.86 bits per heavy atom. The number of thioether (sulfide) groups is 1. The Morgan fingerprint density at radius 3 is 2.33 bits per heavy atom. The van der Waals surface area contributed by atoms with Gasteiger partial charge in [-0.15, -0.1) is 11.8 Å². The van der Waals surface area contributed by atoms with Gasteiger partial charge in [0.15, 0.2) is 0 Å². The van der Waals surface area contributed by atoms with Gasteiger partial charge in [-0.3, -0.25) is 0 Å². The molecule has 21 heavy (non-hydrogen) atoms. The van der Waals surface area contributed by atoms with E-state index in [-0.39, 0.29) is 0 Å². The van der Waals surface area contributed by atoms with Crippen LogP contribution >= 0.6 is 11.8 Å². The zero-order chi connectivity index (χ0) is 15.2. The maximum absolute atomic E-state index is 5.63. The number of piperidine rings is 1. The second-order valence-electron chi connectivity index (χ2n) is 5.82. The van der Waals surface area contributed by atoms with Crippen LogP contribution in [0.5, 0.6) is 11.5 Å². The van der Waals surface area contributed by atoms with Crippen molar-refractivity contribution < 1.29 is 9.47 Å². The fraction of sp³-hybridized carbons (Fsp3) is 0.647. The van der Waals surface area contributed by atoms with Crippen LogP contribution in [0.1, 0.15) is 38.7 Å². The van der Waals surface area contributed by atoms with Gasteiger partial charge in [0.2, 0.25) is 0 Å². The van der Waals surface area contributed by atoms with Crippen LogP contribution < -0.4 is 14.8 Å². The minimum absolute atomic E-state index is 0.533. The molecular formula is C17H27NO2S. The van der Waals surface area contributed by atoms with Crippen molar-refractivity contribution in [2.75, 3.05) is 20.8 Å². The van der Waals surface area contributed by atoms with Gasteiger partial charge < -0.3 is 14.8 Å². The molecule has 0 radical (unpaired) electrons. The summed E-state index contributed by atoms with van der Waals surface area (Å²) in [7, 11) is 3.49. The predicted octanol–water partition coefficient (Wildman–Crippen LogP) is 3.89. The molecule has 0 saturated carbocycles. The lowest BCUT2D eigenvalue weighted by Gasteiger charge is -2.25. The van der Waals surface area contributed by atoms with E-state index in [4.69, 9.17) is 9.47 Å². The first-order valence-electron chi connectivity index (χ1n) is 7.79. The number of hydrogen-bond donors (Lipinski definition) is 1. The molecule has 0 spiro atoms. The Balaban J connectivity index is 2.24. The van der Waals surface area contributed by atoms with Crippen LogP contribution in [0.2, 0.25) is 0 Å².